The third-order valence-electron chi connectivity index (χ3n) is 5.71. The van der Waals surface area contributed by atoms with Gasteiger partial charge in [-0.2, -0.15) is 0 Å². The number of benzene rings is 2. The first-order chi connectivity index (χ1) is 19.8. The molecule has 0 atom stereocenters. The van der Waals surface area contributed by atoms with Crippen LogP contribution in [0, 0.1) is 0 Å². The van der Waals surface area contributed by atoms with Gasteiger partial charge in [-0.25, -0.2) is 4.98 Å². The van der Waals surface area contributed by atoms with Gasteiger partial charge in [-0.1, -0.05) is 53.2 Å². The molecule has 210 valence electrons. The number of furan rings is 1. The number of ether oxygens (including phenoxy) is 2. The number of hydrogen-bond donors (Lipinski definition) is 1. The predicted octanol–water partition coefficient (Wildman–Crippen LogP) is 7.06. The molecular formula is C28H21Cl2N3O5S3. The average Bonchev–Trinajstić information content (AvgIpc) is 3.66. The molecule has 8 nitrogen and oxygen atoms in total. The van der Waals surface area contributed by atoms with E-state index in [-0.39, 0.29) is 25.0 Å². The maximum atomic E-state index is 12.9. The van der Waals surface area contributed by atoms with Crippen LogP contribution in [0.15, 0.2) is 70.3 Å². The lowest BCUT2D eigenvalue weighted by Crippen LogP contribution is -2.27. The highest BCUT2D eigenvalue weighted by Crippen LogP contribution is 2.35. The summed E-state index contributed by atoms with van der Waals surface area (Å²) in [6, 6.07) is 14.1. The summed E-state index contributed by atoms with van der Waals surface area (Å²) in [5.41, 5.74) is 1.66. The van der Waals surface area contributed by atoms with Crippen LogP contribution in [0.1, 0.15) is 21.8 Å². The summed E-state index contributed by atoms with van der Waals surface area (Å²) in [7, 11) is 1.50. The van der Waals surface area contributed by atoms with Gasteiger partial charge in [0.25, 0.3) is 11.8 Å². The summed E-state index contributed by atoms with van der Waals surface area (Å²) in [6.45, 7) is 0.0200. The molecule has 41 heavy (non-hydrogen) atoms. The van der Waals surface area contributed by atoms with E-state index in [1.165, 1.54) is 35.1 Å². The van der Waals surface area contributed by atoms with Crippen LogP contribution in [0.2, 0.25) is 10.0 Å². The van der Waals surface area contributed by atoms with Crippen molar-refractivity contribution in [1.29, 1.82) is 0 Å². The van der Waals surface area contributed by atoms with Crippen LogP contribution in [0.25, 0.3) is 6.08 Å². The first kappa shape index (κ1) is 29.2. The lowest BCUT2D eigenvalue weighted by atomic mass is 10.1. The molecule has 3 heterocycles. The molecule has 0 aliphatic carbocycles. The zero-order valence-corrected chi connectivity index (χ0v) is 25.3. The Labute approximate surface area is 259 Å². The van der Waals surface area contributed by atoms with E-state index < -0.39 is 0 Å². The van der Waals surface area contributed by atoms with E-state index in [1.54, 1.807) is 54.9 Å². The largest absolute Gasteiger partial charge is 0.493 e. The zero-order valence-electron chi connectivity index (χ0n) is 21.4. The molecule has 0 spiro atoms. The molecule has 0 bridgehead atoms. The Hall–Kier alpha value is -3.35. The highest BCUT2D eigenvalue weighted by atomic mass is 35.5. The van der Waals surface area contributed by atoms with Crippen LogP contribution in [-0.2, 0) is 22.6 Å². The molecule has 2 aromatic heterocycles. The van der Waals surface area contributed by atoms with Gasteiger partial charge in [0, 0.05) is 27.5 Å². The van der Waals surface area contributed by atoms with Crippen molar-refractivity contribution < 1.29 is 23.5 Å². The van der Waals surface area contributed by atoms with Crippen LogP contribution in [0.4, 0.5) is 5.13 Å². The van der Waals surface area contributed by atoms with Gasteiger partial charge in [-0.05, 0) is 59.7 Å². The molecule has 2 aromatic carbocycles. The second-order valence-corrected chi connectivity index (χ2v) is 12.3. The number of thioether (sulfide) groups is 1. The number of carbonyl (C=O) groups excluding carboxylic acids is 2. The van der Waals surface area contributed by atoms with E-state index in [2.05, 4.69) is 10.3 Å². The molecule has 0 unspecified atom stereocenters. The Bertz CT molecular complexity index is 1620. The normalized spacial score (nSPS) is 14.1. The number of methoxy groups -OCH3 is 1. The monoisotopic (exact) mass is 645 g/mol. The summed E-state index contributed by atoms with van der Waals surface area (Å²) in [5.74, 6) is 0.863. The van der Waals surface area contributed by atoms with Gasteiger partial charge in [-0.15, -0.1) is 11.3 Å². The Morgan fingerprint density at radius 1 is 1.17 bits per heavy atom. The fourth-order valence-electron chi connectivity index (χ4n) is 3.90. The molecule has 1 N–H and O–H groups in total. The van der Waals surface area contributed by atoms with Gasteiger partial charge >= 0.3 is 0 Å². The molecule has 4 aromatic rings. The van der Waals surface area contributed by atoms with Crippen molar-refractivity contribution >= 4 is 85.9 Å². The molecule has 1 aliphatic rings. The lowest BCUT2D eigenvalue weighted by Gasteiger charge is -2.12. The maximum Gasteiger partial charge on any atom is 0.266 e. The highest BCUT2D eigenvalue weighted by Gasteiger charge is 2.32. The minimum Gasteiger partial charge on any atom is -0.493 e. The number of aromatic nitrogens is 1. The van der Waals surface area contributed by atoms with E-state index in [0.29, 0.717) is 53.6 Å². The van der Waals surface area contributed by atoms with Crippen molar-refractivity contribution in [3.8, 4) is 11.5 Å². The first-order valence-electron chi connectivity index (χ1n) is 12.1. The van der Waals surface area contributed by atoms with Gasteiger partial charge in [0.2, 0.25) is 0 Å². The zero-order chi connectivity index (χ0) is 28.9. The molecule has 2 amide bonds. The third-order valence-corrected chi connectivity index (χ3v) is 8.44. The third kappa shape index (κ3) is 7.49. The Balaban J connectivity index is 1.17. The summed E-state index contributed by atoms with van der Waals surface area (Å²) < 4.78 is 17.0. The number of anilines is 1. The Morgan fingerprint density at radius 2 is 1.98 bits per heavy atom. The van der Waals surface area contributed by atoms with Gasteiger partial charge in [0.1, 0.15) is 10.1 Å². The maximum absolute atomic E-state index is 12.9. The second-order valence-electron chi connectivity index (χ2n) is 8.68. The summed E-state index contributed by atoms with van der Waals surface area (Å²) >= 11 is 20.1. The minimum absolute atomic E-state index is 0.200. The molecule has 0 saturated carbocycles. The van der Waals surface area contributed by atoms with Crippen molar-refractivity contribution in [3.63, 3.8) is 0 Å². The molecular weight excluding hydrogens is 625 g/mol. The first-order valence-corrected chi connectivity index (χ1v) is 14.8. The van der Waals surface area contributed by atoms with Crippen LogP contribution in [0.3, 0.4) is 0 Å². The van der Waals surface area contributed by atoms with Crippen LogP contribution >= 0.6 is 58.5 Å². The fraction of sp³-hybridized carbons (Fsp3) is 0.143. The van der Waals surface area contributed by atoms with Gasteiger partial charge in [-0.3, -0.25) is 19.8 Å². The SMILES string of the molecule is COc1cc(/C=C2\SC(=S)N(Cc3ccco3)C2=O)ccc1OCC(=O)Nc1ncc(Cc2cc(Cl)cc(Cl)c2)s1. The summed E-state index contributed by atoms with van der Waals surface area (Å²) in [4.78, 5) is 32.6. The van der Waals surface area contributed by atoms with E-state index >= 15 is 0 Å². The molecule has 5 rings (SSSR count). The van der Waals surface area contributed by atoms with Crippen molar-refractivity contribution in [3.05, 3.63) is 97.7 Å². The van der Waals surface area contributed by atoms with Gasteiger partial charge in [0.15, 0.2) is 23.2 Å². The van der Waals surface area contributed by atoms with Gasteiger partial charge in [0.05, 0.1) is 24.8 Å². The molecule has 0 radical (unpaired) electrons. The standard InChI is InChI=1S/C28H21Cl2N3O5S3/c1-36-23-10-16(11-24-26(35)33(28(39)41-24)14-20-3-2-6-37-20)4-5-22(23)38-15-25(34)32-27-31-13-21(40-27)9-17-7-18(29)12-19(30)8-17/h2-8,10-13H,9,14-15H2,1H3,(H,31,32,34)/b24-11-. The predicted molar refractivity (Wildman–Crippen MR) is 166 cm³/mol. The van der Waals surface area contributed by atoms with Crippen LogP contribution < -0.4 is 14.8 Å². The Morgan fingerprint density at radius 3 is 2.71 bits per heavy atom. The van der Waals surface area contributed by atoms with Crippen molar-refractivity contribution in [2.24, 2.45) is 0 Å². The molecule has 1 fully saturated rings. The van der Waals surface area contributed by atoms with Crippen molar-refractivity contribution in [1.82, 2.24) is 9.88 Å². The molecule has 1 saturated heterocycles. The van der Waals surface area contributed by atoms with E-state index in [0.717, 1.165) is 10.4 Å². The summed E-state index contributed by atoms with van der Waals surface area (Å²) in [6.07, 6.45) is 5.57. The van der Waals surface area contributed by atoms with Crippen molar-refractivity contribution in [2.45, 2.75) is 13.0 Å². The number of carbonyl (C=O) groups is 2. The smallest absolute Gasteiger partial charge is 0.266 e. The van der Waals surface area contributed by atoms with E-state index in [1.807, 2.05) is 12.1 Å². The number of thiazole rings is 1. The number of thiocarbonyl (C=S) groups is 1. The number of hydrogen-bond acceptors (Lipinski definition) is 9. The van der Waals surface area contributed by atoms with Crippen molar-refractivity contribution in [2.75, 3.05) is 19.0 Å². The molecule has 13 heteroatoms. The van der Waals surface area contributed by atoms with Crippen LogP contribution in [0.5, 0.6) is 11.5 Å². The lowest BCUT2D eigenvalue weighted by molar-refractivity contribution is -0.122. The molecule has 1 aliphatic heterocycles. The quantitative estimate of drug-likeness (QED) is 0.145. The number of nitrogens with zero attached hydrogens (tertiary/aromatic N) is 2. The average molecular weight is 647 g/mol. The number of nitrogens with one attached hydrogen (secondary N) is 1. The topological polar surface area (TPSA) is 93.9 Å². The number of amides is 2. The summed E-state index contributed by atoms with van der Waals surface area (Å²) in [5, 5.41) is 4.32. The highest BCUT2D eigenvalue weighted by molar-refractivity contribution is 8.26. The van der Waals surface area contributed by atoms with Gasteiger partial charge < -0.3 is 13.9 Å². The van der Waals surface area contributed by atoms with E-state index in [4.69, 9.17) is 49.3 Å². The minimum atomic E-state index is -0.372. The fourth-order valence-corrected chi connectivity index (χ4v) is 6.59. The Kier molecular flexibility index (Phi) is 9.31. The number of halogens is 2. The number of rotatable bonds is 10. The van der Waals surface area contributed by atoms with E-state index in [9.17, 15) is 9.59 Å². The second kappa shape index (κ2) is 13.1. The van der Waals surface area contributed by atoms with Crippen LogP contribution in [-0.4, -0.2) is 39.7 Å².